The number of hydrogen-bond acceptors (Lipinski definition) is 6. The molecule has 3 aromatic rings. The summed E-state index contributed by atoms with van der Waals surface area (Å²) in [6.45, 7) is 0. The molecule has 7 nitrogen and oxygen atoms in total. The van der Waals surface area contributed by atoms with Crippen LogP contribution in [0.25, 0.3) is 0 Å². The second-order valence-electron chi connectivity index (χ2n) is 5.68. The summed E-state index contributed by atoms with van der Waals surface area (Å²) in [5.41, 5.74) is 14.6. The van der Waals surface area contributed by atoms with Gasteiger partial charge in [0.2, 0.25) is 0 Å². The lowest BCUT2D eigenvalue weighted by molar-refractivity contribution is 0.483. The Bertz CT molecular complexity index is 1020. The molecule has 0 unspecified atom stereocenters. The van der Waals surface area contributed by atoms with Crippen molar-refractivity contribution in [3.05, 3.63) is 66.7 Å². The van der Waals surface area contributed by atoms with Gasteiger partial charge in [0, 0.05) is 28.4 Å². The van der Waals surface area contributed by atoms with Crippen molar-refractivity contribution in [3.63, 3.8) is 0 Å². The molecular formula is C18H18N4O3S. The molecule has 134 valence electrons. The number of anilines is 6. The van der Waals surface area contributed by atoms with Crippen LogP contribution in [-0.4, -0.2) is 13.0 Å². The first-order chi connectivity index (χ1) is 12.3. The van der Waals surface area contributed by atoms with Crippen molar-refractivity contribution in [2.75, 3.05) is 22.1 Å². The maximum absolute atomic E-state index is 11.8. The maximum Gasteiger partial charge on any atom is 0.296 e. The molecule has 8 heteroatoms. The minimum Gasteiger partial charge on any atom is -0.399 e. The van der Waals surface area contributed by atoms with Crippen LogP contribution in [0.15, 0.2) is 71.6 Å². The van der Waals surface area contributed by atoms with E-state index in [0.717, 1.165) is 5.69 Å². The summed E-state index contributed by atoms with van der Waals surface area (Å²) in [6.07, 6.45) is 0. The van der Waals surface area contributed by atoms with Gasteiger partial charge in [0.25, 0.3) is 10.1 Å². The van der Waals surface area contributed by atoms with Crippen molar-refractivity contribution < 1.29 is 13.0 Å². The van der Waals surface area contributed by atoms with Gasteiger partial charge in [0.15, 0.2) is 0 Å². The fourth-order valence-corrected chi connectivity index (χ4v) is 3.04. The van der Waals surface area contributed by atoms with E-state index in [9.17, 15) is 13.0 Å². The van der Waals surface area contributed by atoms with E-state index in [-0.39, 0.29) is 10.6 Å². The van der Waals surface area contributed by atoms with Gasteiger partial charge in [-0.2, -0.15) is 8.42 Å². The van der Waals surface area contributed by atoms with E-state index in [1.165, 1.54) is 6.07 Å². The quantitative estimate of drug-likeness (QED) is 0.343. The number of nitrogens with two attached hydrogens (primary N) is 2. The van der Waals surface area contributed by atoms with Crippen LogP contribution in [0, 0.1) is 0 Å². The summed E-state index contributed by atoms with van der Waals surface area (Å²) in [4.78, 5) is -0.241. The zero-order valence-corrected chi connectivity index (χ0v) is 14.5. The molecule has 0 bridgehead atoms. The molecule has 0 aromatic heterocycles. The Morgan fingerprint density at radius 2 is 1.15 bits per heavy atom. The molecule has 7 N–H and O–H groups in total. The largest absolute Gasteiger partial charge is 0.399 e. The third-order valence-electron chi connectivity index (χ3n) is 3.65. The molecule has 0 spiro atoms. The van der Waals surface area contributed by atoms with Crippen molar-refractivity contribution >= 4 is 44.2 Å². The molecule has 3 aromatic carbocycles. The average molecular weight is 370 g/mol. The molecule has 3 rings (SSSR count). The molecule has 0 amide bonds. The van der Waals surface area contributed by atoms with Crippen molar-refractivity contribution in [2.24, 2.45) is 0 Å². The highest BCUT2D eigenvalue weighted by Gasteiger charge is 2.17. The number of rotatable bonds is 5. The molecule has 0 aliphatic rings. The third kappa shape index (κ3) is 4.24. The second-order valence-corrected chi connectivity index (χ2v) is 7.07. The van der Waals surface area contributed by atoms with E-state index in [1.54, 1.807) is 60.7 Å². The molecule has 0 heterocycles. The normalized spacial score (nSPS) is 11.1. The summed E-state index contributed by atoms with van der Waals surface area (Å²) in [5.74, 6) is 0. The number of hydrogen-bond donors (Lipinski definition) is 5. The van der Waals surface area contributed by atoms with Crippen LogP contribution in [-0.2, 0) is 10.1 Å². The van der Waals surface area contributed by atoms with Gasteiger partial charge in [-0.25, -0.2) is 0 Å². The van der Waals surface area contributed by atoms with Crippen LogP contribution < -0.4 is 22.1 Å². The fraction of sp³-hybridized carbons (Fsp3) is 0. The first-order valence-corrected chi connectivity index (χ1v) is 9.12. The average Bonchev–Trinajstić information content (AvgIpc) is 2.59. The Morgan fingerprint density at radius 1 is 0.692 bits per heavy atom. The molecule has 0 radical (unpaired) electrons. The Labute approximate surface area is 151 Å². The molecule has 0 atom stereocenters. The number of nitrogen functional groups attached to an aromatic ring is 2. The highest BCUT2D eigenvalue weighted by molar-refractivity contribution is 7.86. The Morgan fingerprint density at radius 3 is 1.65 bits per heavy atom. The Kier molecular flexibility index (Phi) is 4.70. The van der Waals surface area contributed by atoms with Gasteiger partial charge >= 0.3 is 0 Å². The predicted molar refractivity (Wildman–Crippen MR) is 105 cm³/mol. The zero-order chi connectivity index (χ0) is 18.7. The minimum atomic E-state index is -4.43. The van der Waals surface area contributed by atoms with Gasteiger partial charge in [0.05, 0.1) is 5.69 Å². The van der Waals surface area contributed by atoms with Crippen molar-refractivity contribution in [2.45, 2.75) is 4.90 Å². The van der Waals surface area contributed by atoms with E-state index in [0.29, 0.717) is 22.7 Å². The number of benzene rings is 3. The summed E-state index contributed by atoms with van der Waals surface area (Å²) >= 11 is 0. The van der Waals surface area contributed by atoms with Gasteiger partial charge in [-0.3, -0.25) is 4.55 Å². The predicted octanol–water partition coefficient (Wildman–Crippen LogP) is 3.58. The van der Waals surface area contributed by atoms with Crippen LogP contribution in [0.5, 0.6) is 0 Å². The first kappa shape index (κ1) is 17.6. The van der Waals surface area contributed by atoms with Gasteiger partial charge < -0.3 is 22.1 Å². The summed E-state index contributed by atoms with van der Waals surface area (Å²) < 4.78 is 33.2. The van der Waals surface area contributed by atoms with Gasteiger partial charge in [-0.1, -0.05) is 0 Å². The lowest BCUT2D eigenvalue weighted by atomic mass is 10.2. The summed E-state index contributed by atoms with van der Waals surface area (Å²) in [5, 5.41) is 6.03. The van der Waals surface area contributed by atoms with Crippen molar-refractivity contribution in [3.8, 4) is 0 Å². The van der Waals surface area contributed by atoms with Crippen molar-refractivity contribution in [1.82, 2.24) is 0 Å². The Balaban J connectivity index is 1.93. The van der Waals surface area contributed by atoms with E-state index in [1.807, 2.05) is 0 Å². The lowest BCUT2D eigenvalue weighted by Crippen LogP contribution is -2.04. The maximum atomic E-state index is 11.8. The molecule has 26 heavy (non-hydrogen) atoms. The highest BCUT2D eigenvalue weighted by atomic mass is 32.2. The minimum absolute atomic E-state index is 0.241. The highest BCUT2D eigenvalue weighted by Crippen LogP contribution is 2.29. The summed E-state index contributed by atoms with van der Waals surface area (Å²) in [6, 6.07) is 18.4. The van der Waals surface area contributed by atoms with E-state index in [4.69, 9.17) is 11.5 Å². The number of nitrogens with one attached hydrogen (secondary N) is 2. The van der Waals surface area contributed by atoms with Crippen LogP contribution in [0.3, 0.4) is 0 Å². The molecule has 0 fully saturated rings. The standard InChI is InChI=1S/C18H18N4O3S/c19-12-1-5-14(6-2-12)21-16-9-10-17(18(11-16)26(23,24)25)22-15-7-3-13(20)4-8-15/h1-11,21-22H,19-20H2,(H,23,24,25). The lowest BCUT2D eigenvalue weighted by Gasteiger charge is -2.13. The van der Waals surface area contributed by atoms with Crippen molar-refractivity contribution in [1.29, 1.82) is 0 Å². The van der Waals surface area contributed by atoms with E-state index >= 15 is 0 Å². The smallest absolute Gasteiger partial charge is 0.296 e. The second kappa shape index (κ2) is 6.95. The summed E-state index contributed by atoms with van der Waals surface area (Å²) in [7, 11) is -4.43. The third-order valence-corrected chi connectivity index (χ3v) is 4.54. The van der Waals surface area contributed by atoms with E-state index < -0.39 is 10.1 Å². The zero-order valence-electron chi connectivity index (χ0n) is 13.7. The van der Waals surface area contributed by atoms with Crippen LogP contribution in [0.1, 0.15) is 0 Å². The van der Waals surface area contributed by atoms with Gasteiger partial charge in [-0.15, -0.1) is 0 Å². The monoisotopic (exact) mass is 370 g/mol. The van der Waals surface area contributed by atoms with Gasteiger partial charge in [0.1, 0.15) is 4.90 Å². The van der Waals surface area contributed by atoms with Gasteiger partial charge in [-0.05, 0) is 66.7 Å². The molecule has 0 saturated heterocycles. The Hall–Kier alpha value is -3.23. The SMILES string of the molecule is Nc1ccc(Nc2ccc(Nc3ccc(N)cc3)c(S(=O)(=O)O)c2)cc1. The van der Waals surface area contributed by atoms with Crippen LogP contribution in [0.4, 0.5) is 34.1 Å². The molecule has 0 aliphatic carbocycles. The first-order valence-electron chi connectivity index (χ1n) is 7.68. The van der Waals surface area contributed by atoms with E-state index in [2.05, 4.69) is 10.6 Å². The molecular weight excluding hydrogens is 352 g/mol. The fourth-order valence-electron chi connectivity index (χ4n) is 2.37. The topological polar surface area (TPSA) is 130 Å². The molecule has 0 saturated carbocycles. The van der Waals surface area contributed by atoms with Crippen LogP contribution >= 0.6 is 0 Å². The molecule has 0 aliphatic heterocycles. The van der Waals surface area contributed by atoms with Crippen LogP contribution in [0.2, 0.25) is 0 Å².